The molecule has 0 aliphatic carbocycles. The zero-order valence-electron chi connectivity index (χ0n) is 17.5. The molecule has 0 saturated heterocycles. The minimum Gasteiger partial charge on any atom is -0.497 e. The van der Waals surface area contributed by atoms with Crippen LogP contribution in [0.2, 0.25) is 0 Å². The van der Waals surface area contributed by atoms with Gasteiger partial charge in [-0.05, 0) is 73.9 Å². The van der Waals surface area contributed by atoms with Gasteiger partial charge in [0, 0.05) is 22.4 Å². The largest absolute Gasteiger partial charge is 0.497 e. The fraction of sp³-hybridized carbons (Fsp3) is 0.231. The first-order valence-electron chi connectivity index (χ1n) is 10.1. The van der Waals surface area contributed by atoms with Crippen molar-refractivity contribution in [3.8, 4) is 22.6 Å². The maximum Gasteiger partial charge on any atom is 0.150 e. The molecule has 0 spiro atoms. The number of halogens is 1. The normalized spacial score (nSPS) is 18.2. The van der Waals surface area contributed by atoms with E-state index in [-0.39, 0.29) is 17.5 Å². The molecular formula is C26H24FNO2. The maximum absolute atomic E-state index is 14.1. The fourth-order valence-electron chi connectivity index (χ4n) is 4.67. The summed E-state index contributed by atoms with van der Waals surface area (Å²) in [6.07, 6.45) is 1.94. The Hall–Kier alpha value is -3.27. The third-order valence-electron chi connectivity index (χ3n) is 5.83. The molecular weight excluding hydrogens is 377 g/mol. The molecule has 4 heteroatoms. The Morgan fingerprint density at radius 1 is 1.00 bits per heavy atom. The highest BCUT2D eigenvalue weighted by Gasteiger charge is 2.34. The summed E-state index contributed by atoms with van der Waals surface area (Å²) in [5.74, 6) is 1.22. The smallest absolute Gasteiger partial charge is 0.150 e. The minimum atomic E-state index is -0.301. The summed E-state index contributed by atoms with van der Waals surface area (Å²) >= 11 is 0. The lowest BCUT2D eigenvalue weighted by Gasteiger charge is -2.37. The number of methoxy groups -OCH3 is 1. The average Bonchev–Trinajstić information content (AvgIpc) is 2.72. The Morgan fingerprint density at radius 2 is 1.77 bits per heavy atom. The fourth-order valence-corrected chi connectivity index (χ4v) is 4.67. The van der Waals surface area contributed by atoms with E-state index in [0.29, 0.717) is 5.75 Å². The molecule has 2 heterocycles. The van der Waals surface area contributed by atoms with Gasteiger partial charge in [0.2, 0.25) is 0 Å². The van der Waals surface area contributed by atoms with Crippen molar-refractivity contribution in [1.29, 1.82) is 0 Å². The molecule has 0 radical (unpaired) electrons. The van der Waals surface area contributed by atoms with Crippen molar-refractivity contribution in [2.75, 3.05) is 12.4 Å². The lowest BCUT2D eigenvalue weighted by Crippen LogP contribution is -2.32. The highest BCUT2D eigenvalue weighted by Crippen LogP contribution is 2.50. The standard InChI is InChI=1S/C26H24FNO2/c1-15-14-26(2,3)28-21-11-10-19-20-13-17(27)7-12-22(20)30-25(24(19)23(15)21)16-5-8-18(29-4)9-6-16/h5-14,25,28H,1-4H3/t25-/m0/s1. The zero-order valence-corrected chi connectivity index (χ0v) is 17.5. The molecule has 3 aromatic carbocycles. The van der Waals surface area contributed by atoms with Crippen LogP contribution < -0.4 is 14.8 Å². The molecule has 1 N–H and O–H groups in total. The highest BCUT2D eigenvalue weighted by atomic mass is 19.1. The molecule has 0 amide bonds. The van der Waals surface area contributed by atoms with Crippen LogP contribution in [-0.4, -0.2) is 12.6 Å². The second-order valence-corrected chi connectivity index (χ2v) is 8.53. The van der Waals surface area contributed by atoms with Gasteiger partial charge in [0.1, 0.15) is 17.3 Å². The van der Waals surface area contributed by atoms with Gasteiger partial charge in [-0.15, -0.1) is 0 Å². The summed E-state index contributed by atoms with van der Waals surface area (Å²) in [4.78, 5) is 0. The number of nitrogens with one attached hydrogen (secondary N) is 1. The Balaban J connectivity index is 1.78. The van der Waals surface area contributed by atoms with Crippen molar-refractivity contribution in [3.63, 3.8) is 0 Å². The van der Waals surface area contributed by atoms with Gasteiger partial charge in [0.25, 0.3) is 0 Å². The second kappa shape index (κ2) is 6.63. The van der Waals surface area contributed by atoms with Crippen molar-refractivity contribution in [3.05, 3.63) is 83.2 Å². The van der Waals surface area contributed by atoms with Crippen LogP contribution in [0.3, 0.4) is 0 Å². The average molecular weight is 401 g/mol. The summed E-state index contributed by atoms with van der Waals surface area (Å²) in [6, 6.07) is 16.8. The van der Waals surface area contributed by atoms with Gasteiger partial charge in [-0.3, -0.25) is 0 Å². The van der Waals surface area contributed by atoms with Crippen LogP contribution in [0.4, 0.5) is 10.1 Å². The number of ether oxygens (including phenoxy) is 2. The molecule has 2 aliphatic heterocycles. The van der Waals surface area contributed by atoms with E-state index in [1.165, 1.54) is 11.6 Å². The number of anilines is 1. The van der Waals surface area contributed by atoms with Gasteiger partial charge in [-0.1, -0.05) is 24.3 Å². The van der Waals surface area contributed by atoms with Crippen LogP contribution >= 0.6 is 0 Å². The van der Waals surface area contributed by atoms with Gasteiger partial charge in [-0.25, -0.2) is 4.39 Å². The summed E-state index contributed by atoms with van der Waals surface area (Å²) in [5.41, 5.74) is 7.13. The topological polar surface area (TPSA) is 30.5 Å². The lowest BCUT2D eigenvalue weighted by atomic mass is 9.80. The van der Waals surface area contributed by atoms with E-state index in [1.807, 2.05) is 24.3 Å². The van der Waals surface area contributed by atoms with Crippen LogP contribution in [0.1, 0.15) is 43.6 Å². The van der Waals surface area contributed by atoms with Crippen LogP contribution in [-0.2, 0) is 0 Å². The zero-order chi connectivity index (χ0) is 21.0. The molecule has 0 bridgehead atoms. The Bertz CT molecular complexity index is 1180. The first kappa shape index (κ1) is 18.7. The monoisotopic (exact) mass is 401 g/mol. The highest BCUT2D eigenvalue weighted by molar-refractivity contribution is 5.90. The third-order valence-corrected chi connectivity index (χ3v) is 5.83. The summed E-state index contributed by atoms with van der Waals surface area (Å²) in [5, 5.41) is 3.62. The molecule has 0 saturated carbocycles. The van der Waals surface area contributed by atoms with E-state index in [1.54, 1.807) is 19.2 Å². The lowest BCUT2D eigenvalue weighted by molar-refractivity contribution is 0.243. The van der Waals surface area contributed by atoms with Gasteiger partial charge in [-0.2, -0.15) is 0 Å². The number of benzene rings is 3. The quantitative estimate of drug-likeness (QED) is 0.525. The van der Waals surface area contributed by atoms with E-state index in [0.717, 1.165) is 39.3 Å². The molecule has 0 unspecified atom stereocenters. The second-order valence-electron chi connectivity index (χ2n) is 8.53. The van der Waals surface area contributed by atoms with Gasteiger partial charge in [0.05, 0.1) is 12.6 Å². The predicted molar refractivity (Wildman–Crippen MR) is 119 cm³/mol. The van der Waals surface area contributed by atoms with Crippen LogP contribution in [0, 0.1) is 5.82 Å². The number of fused-ring (bicyclic) bond motifs is 5. The van der Waals surface area contributed by atoms with Crippen molar-refractivity contribution in [2.24, 2.45) is 0 Å². The van der Waals surface area contributed by atoms with Crippen molar-refractivity contribution in [1.82, 2.24) is 0 Å². The van der Waals surface area contributed by atoms with Crippen LogP contribution in [0.25, 0.3) is 16.7 Å². The summed E-state index contributed by atoms with van der Waals surface area (Å²) in [6.45, 7) is 6.44. The van der Waals surface area contributed by atoms with Crippen molar-refractivity contribution >= 4 is 11.3 Å². The van der Waals surface area contributed by atoms with Gasteiger partial charge < -0.3 is 14.8 Å². The number of allylic oxidation sites excluding steroid dienone is 1. The Kier molecular flexibility index (Phi) is 4.14. The van der Waals surface area contributed by atoms with E-state index < -0.39 is 0 Å². The third kappa shape index (κ3) is 2.95. The first-order valence-corrected chi connectivity index (χ1v) is 10.1. The Labute approximate surface area is 176 Å². The van der Waals surface area contributed by atoms with Crippen molar-refractivity contribution in [2.45, 2.75) is 32.4 Å². The van der Waals surface area contributed by atoms with Crippen molar-refractivity contribution < 1.29 is 13.9 Å². The molecule has 1 atom stereocenters. The molecule has 30 heavy (non-hydrogen) atoms. The minimum absolute atomic E-state index is 0.138. The van der Waals surface area contributed by atoms with Crippen LogP contribution in [0.5, 0.6) is 11.5 Å². The molecule has 5 rings (SSSR count). The number of hydrogen-bond acceptors (Lipinski definition) is 3. The van der Waals surface area contributed by atoms with E-state index in [2.05, 4.69) is 44.3 Å². The molecule has 2 aliphatic rings. The molecule has 3 aromatic rings. The summed E-state index contributed by atoms with van der Waals surface area (Å²) < 4.78 is 25.9. The van der Waals surface area contributed by atoms with E-state index >= 15 is 0 Å². The molecule has 0 fully saturated rings. The Morgan fingerprint density at radius 3 is 2.50 bits per heavy atom. The van der Waals surface area contributed by atoms with E-state index in [4.69, 9.17) is 9.47 Å². The number of hydrogen-bond donors (Lipinski definition) is 1. The maximum atomic E-state index is 14.1. The van der Waals surface area contributed by atoms with E-state index in [9.17, 15) is 4.39 Å². The molecule has 152 valence electrons. The van der Waals surface area contributed by atoms with Gasteiger partial charge in [0.15, 0.2) is 6.10 Å². The van der Waals surface area contributed by atoms with Gasteiger partial charge >= 0.3 is 0 Å². The SMILES string of the molecule is COc1ccc([C@@H]2Oc3ccc(F)cc3-c3ccc4c(c32)C(C)=CC(C)(C)N4)cc1. The molecule has 3 nitrogen and oxygen atoms in total. The molecule has 0 aromatic heterocycles. The first-order chi connectivity index (χ1) is 14.4. The number of rotatable bonds is 2. The van der Waals surface area contributed by atoms with Crippen LogP contribution in [0.15, 0.2) is 60.7 Å². The summed E-state index contributed by atoms with van der Waals surface area (Å²) in [7, 11) is 1.66. The predicted octanol–water partition coefficient (Wildman–Crippen LogP) is 6.59.